The second kappa shape index (κ2) is 28.2. The fourth-order valence-electron chi connectivity index (χ4n) is 5.94. The number of rotatable bonds is 15. The van der Waals surface area contributed by atoms with Gasteiger partial charge in [-0.3, -0.25) is 19.3 Å². The fourth-order valence-corrected chi connectivity index (χ4v) is 6.27. The molecule has 6 aromatic rings. The Morgan fingerprint density at radius 3 is 1.37 bits per heavy atom. The molecular formula is C47H57N2NaO6S. The summed E-state index contributed by atoms with van der Waals surface area (Å²) in [6, 6.07) is 41.3. The predicted octanol–water partition coefficient (Wildman–Crippen LogP) is 9.68. The Bertz CT molecular complexity index is 2040. The maximum atomic E-state index is 10.2. The minimum Gasteiger partial charge on any atom is -1.00 e. The Labute approximate surface area is 363 Å². The third-order valence-corrected chi connectivity index (χ3v) is 9.05. The molecule has 298 valence electrons. The summed E-state index contributed by atoms with van der Waals surface area (Å²) in [7, 11) is -4.23. The third kappa shape index (κ3) is 20.2. The molecule has 10 heteroatoms. The normalized spacial score (nSPS) is 10.8. The van der Waals surface area contributed by atoms with E-state index in [0.717, 1.165) is 24.2 Å². The molecule has 6 rings (SSSR count). The van der Waals surface area contributed by atoms with Crippen LogP contribution in [-0.4, -0.2) is 40.4 Å². The van der Waals surface area contributed by atoms with Gasteiger partial charge in [-0.25, -0.2) is 4.18 Å². The molecule has 2 aromatic heterocycles. The molecular weight excluding hydrogens is 744 g/mol. The van der Waals surface area contributed by atoms with Crippen LogP contribution in [0.1, 0.15) is 86.4 Å². The van der Waals surface area contributed by atoms with Crippen molar-refractivity contribution in [1.29, 1.82) is 0 Å². The van der Waals surface area contributed by atoms with Crippen LogP contribution in [0.4, 0.5) is 0 Å². The number of hydrogen-bond donors (Lipinski definition) is 2. The number of nitrogens with zero attached hydrogens (tertiary/aromatic N) is 2. The maximum Gasteiger partial charge on any atom is 1.00 e. The van der Waals surface area contributed by atoms with E-state index >= 15 is 0 Å². The number of aliphatic hydroxyl groups is 1. The van der Waals surface area contributed by atoms with Crippen molar-refractivity contribution >= 4 is 37.7 Å². The summed E-state index contributed by atoms with van der Waals surface area (Å²) in [6.45, 7) is 5.16. The minimum absolute atomic E-state index is 0. The molecule has 0 atom stereocenters. The topological polar surface area (TPSA) is 127 Å². The van der Waals surface area contributed by atoms with Crippen molar-refractivity contribution in [2.75, 3.05) is 6.61 Å². The first-order valence-corrected chi connectivity index (χ1v) is 20.7. The number of aromatic nitrogens is 2. The number of carbonyl (C=O) groups excluding carboxylic acids is 1. The zero-order valence-corrected chi connectivity index (χ0v) is 36.7. The van der Waals surface area contributed by atoms with Crippen molar-refractivity contribution in [2.24, 2.45) is 0 Å². The molecule has 0 unspecified atom stereocenters. The van der Waals surface area contributed by atoms with Crippen LogP contribution >= 0.6 is 0 Å². The van der Waals surface area contributed by atoms with Crippen LogP contribution in [0.3, 0.4) is 0 Å². The zero-order valence-electron chi connectivity index (χ0n) is 34.9. The average Bonchev–Trinajstić information content (AvgIpc) is 3.20. The van der Waals surface area contributed by atoms with Gasteiger partial charge in [0.05, 0.1) is 23.8 Å². The van der Waals surface area contributed by atoms with E-state index < -0.39 is 10.4 Å². The first kappa shape index (κ1) is 48.9. The van der Waals surface area contributed by atoms with Crippen molar-refractivity contribution in [2.45, 2.75) is 85.0 Å². The van der Waals surface area contributed by atoms with Crippen LogP contribution in [0.25, 0.3) is 44.1 Å². The van der Waals surface area contributed by atoms with Gasteiger partial charge in [0.2, 0.25) is 0 Å². The fraction of sp³-hybridized carbons (Fsp3) is 0.298. The minimum atomic E-state index is -4.23. The molecule has 0 fully saturated rings. The zero-order chi connectivity index (χ0) is 40.4. The second-order valence-corrected chi connectivity index (χ2v) is 14.4. The van der Waals surface area contributed by atoms with Crippen molar-refractivity contribution in [3.8, 4) is 22.5 Å². The third-order valence-electron chi connectivity index (χ3n) is 8.58. The molecule has 8 nitrogen and oxygen atoms in total. The van der Waals surface area contributed by atoms with Gasteiger partial charge in [0.15, 0.2) is 5.78 Å². The Morgan fingerprint density at radius 2 is 1.00 bits per heavy atom. The molecule has 2 heterocycles. The van der Waals surface area contributed by atoms with Gasteiger partial charge in [-0.15, -0.1) is 0 Å². The molecule has 0 bridgehead atoms. The van der Waals surface area contributed by atoms with Crippen LogP contribution in [0, 0.1) is 0 Å². The summed E-state index contributed by atoms with van der Waals surface area (Å²) >= 11 is 0. The van der Waals surface area contributed by atoms with Crippen LogP contribution in [-0.2, 0) is 19.4 Å². The summed E-state index contributed by atoms with van der Waals surface area (Å²) < 4.78 is 33.0. The summed E-state index contributed by atoms with van der Waals surface area (Å²) in [5.74, 6) is -0.0625. The van der Waals surface area contributed by atoms with E-state index in [2.05, 4.69) is 93.9 Å². The maximum absolute atomic E-state index is 10.2. The number of hydrogen-bond acceptors (Lipinski definition) is 7. The summed E-state index contributed by atoms with van der Waals surface area (Å²) in [6.07, 6.45) is 16.7. The van der Waals surface area contributed by atoms with Crippen molar-refractivity contribution in [3.63, 3.8) is 0 Å². The molecule has 0 aliphatic heterocycles. The standard InChI is InChI=1S/2C15H11N.C12H26O4S.C5H8O2.Na.H/c2*1-2-7-13(8-3-1)15-14-9-5-4-6-12(14)10-11-16-15;1-2-3-4-5-6-7-8-9-10-11-12-16-17(13,14)15;1-4(6)3-5(2)7;;/h2*1-11H;2-12H2,1H3,(H,13,14,15);3,6H,1-2H3;;/q;;;;+1;-1/b;;;4-3-;;. The van der Waals surface area contributed by atoms with Crippen LogP contribution in [0.2, 0.25) is 0 Å². The largest absolute Gasteiger partial charge is 1.00 e. The molecule has 0 radical (unpaired) electrons. The predicted molar refractivity (Wildman–Crippen MR) is 232 cm³/mol. The smallest absolute Gasteiger partial charge is 1.00 e. The Morgan fingerprint density at radius 1 is 0.614 bits per heavy atom. The van der Waals surface area contributed by atoms with Crippen molar-refractivity contribution in [3.05, 3.63) is 146 Å². The molecule has 4 aromatic carbocycles. The van der Waals surface area contributed by atoms with Crippen LogP contribution in [0.15, 0.2) is 146 Å². The van der Waals surface area contributed by atoms with E-state index in [-0.39, 0.29) is 49.1 Å². The number of pyridine rings is 2. The molecule has 0 aliphatic rings. The molecule has 0 saturated heterocycles. The van der Waals surface area contributed by atoms with E-state index in [1.54, 1.807) is 0 Å². The van der Waals surface area contributed by atoms with Gasteiger partial charge >= 0.3 is 40.0 Å². The first-order chi connectivity index (χ1) is 27.1. The van der Waals surface area contributed by atoms with Gasteiger partial charge in [-0.2, -0.15) is 8.42 Å². The number of unbranched alkanes of at least 4 members (excludes halogenated alkanes) is 9. The number of allylic oxidation sites excluding steroid dienone is 2. The van der Waals surface area contributed by atoms with Crippen molar-refractivity contribution in [1.82, 2.24) is 9.97 Å². The number of aliphatic hydroxyl groups excluding tert-OH is 1. The number of ketones is 1. The van der Waals surface area contributed by atoms with Crippen LogP contribution in [0.5, 0.6) is 0 Å². The average molecular weight is 801 g/mol. The van der Waals surface area contributed by atoms with Gasteiger partial charge < -0.3 is 6.53 Å². The molecule has 0 saturated carbocycles. The summed E-state index contributed by atoms with van der Waals surface area (Å²) in [5, 5.41) is 13.2. The van der Waals surface area contributed by atoms with Gasteiger partial charge in [-0.05, 0) is 43.2 Å². The number of benzene rings is 4. The molecule has 2 N–H and O–H groups in total. The van der Waals surface area contributed by atoms with Gasteiger partial charge in [0.1, 0.15) is 0 Å². The molecule has 57 heavy (non-hydrogen) atoms. The molecule has 0 amide bonds. The van der Waals surface area contributed by atoms with Gasteiger partial charge in [0, 0.05) is 40.4 Å². The number of carbonyl (C=O) groups is 1. The van der Waals surface area contributed by atoms with E-state index in [1.807, 2.05) is 60.9 Å². The van der Waals surface area contributed by atoms with Crippen molar-refractivity contribution < 1.29 is 58.0 Å². The summed E-state index contributed by atoms with van der Waals surface area (Å²) in [4.78, 5) is 19.0. The SMILES string of the molecule is CC(=O)/C=C(/C)O.CCCCCCCCCCCCOS(=O)(=O)O.[H-].[Na+].c1ccc(-c2nccc3ccccc23)cc1.c1ccc(-c2nccc3ccccc23)cc1. The van der Waals surface area contributed by atoms with Gasteiger partial charge in [0.25, 0.3) is 0 Å². The monoisotopic (exact) mass is 800 g/mol. The molecule has 0 aliphatic carbocycles. The Balaban J connectivity index is 0.000000396. The molecule has 0 spiro atoms. The van der Waals surface area contributed by atoms with E-state index in [1.165, 1.54) is 97.5 Å². The Hall–Kier alpha value is -4.22. The second-order valence-electron chi connectivity index (χ2n) is 13.3. The van der Waals surface area contributed by atoms with Gasteiger partial charge in [-0.1, -0.05) is 174 Å². The quantitative estimate of drug-likeness (QED) is 0.0346. The Kier molecular flexibility index (Phi) is 24.2. The summed E-state index contributed by atoms with van der Waals surface area (Å²) in [5.41, 5.74) is 4.44. The van der Waals surface area contributed by atoms with E-state index in [9.17, 15) is 13.2 Å². The van der Waals surface area contributed by atoms with E-state index in [0.29, 0.717) is 6.42 Å². The number of fused-ring (bicyclic) bond motifs is 2. The van der Waals surface area contributed by atoms with Crippen LogP contribution < -0.4 is 29.6 Å². The van der Waals surface area contributed by atoms with E-state index in [4.69, 9.17) is 9.66 Å². The first-order valence-electron chi connectivity index (χ1n) is 19.4.